The Hall–Kier alpha value is -2.42. The van der Waals surface area contributed by atoms with Crippen LogP contribution in [-0.2, 0) is 9.53 Å². The van der Waals surface area contributed by atoms with Gasteiger partial charge in [-0.1, -0.05) is 42.5 Å². The van der Waals surface area contributed by atoms with E-state index in [0.29, 0.717) is 6.61 Å². The highest BCUT2D eigenvalue weighted by atomic mass is 16.5. The highest BCUT2D eigenvalue weighted by Gasteiger charge is 2.21. The second kappa shape index (κ2) is 5.52. The topological polar surface area (TPSA) is 39.2 Å². The molecule has 0 bridgehead atoms. The van der Waals surface area contributed by atoms with Gasteiger partial charge in [0.05, 0.1) is 23.7 Å². The van der Waals surface area contributed by atoms with Crippen LogP contribution in [0.1, 0.15) is 25.5 Å². The summed E-state index contributed by atoms with van der Waals surface area (Å²) in [5.74, 6) is -0.607. The van der Waals surface area contributed by atoms with Crippen molar-refractivity contribution in [2.45, 2.75) is 19.8 Å². The van der Waals surface area contributed by atoms with Crippen molar-refractivity contribution in [2.24, 2.45) is 0 Å². The Balaban J connectivity index is 2.27. The summed E-state index contributed by atoms with van der Waals surface area (Å²) in [6, 6.07) is 16.1. The van der Waals surface area contributed by atoms with Crippen LogP contribution in [0.3, 0.4) is 0 Å². The molecule has 106 valence electrons. The molecule has 0 aliphatic rings. The molecule has 0 aliphatic heterocycles. The first kappa shape index (κ1) is 13.6. The van der Waals surface area contributed by atoms with E-state index in [1.165, 1.54) is 0 Å². The molecule has 2 aromatic carbocycles. The third-order valence-corrected chi connectivity index (χ3v) is 3.69. The van der Waals surface area contributed by atoms with Crippen molar-refractivity contribution >= 4 is 27.6 Å². The van der Waals surface area contributed by atoms with Gasteiger partial charge in [0.25, 0.3) is 0 Å². The van der Waals surface area contributed by atoms with Crippen LogP contribution >= 0.6 is 0 Å². The molecule has 0 fully saturated rings. The van der Waals surface area contributed by atoms with E-state index in [-0.39, 0.29) is 11.9 Å². The Morgan fingerprint density at radius 1 is 1.05 bits per heavy atom. The molecule has 21 heavy (non-hydrogen) atoms. The van der Waals surface area contributed by atoms with Gasteiger partial charge in [0.1, 0.15) is 0 Å². The van der Waals surface area contributed by atoms with E-state index < -0.39 is 0 Å². The molecule has 1 unspecified atom stereocenters. The second-order valence-electron chi connectivity index (χ2n) is 5.03. The predicted octanol–water partition coefficient (Wildman–Crippen LogP) is 4.05. The average Bonchev–Trinajstić information content (AvgIpc) is 2.53. The van der Waals surface area contributed by atoms with E-state index in [2.05, 4.69) is 12.1 Å². The predicted molar refractivity (Wildman–Crippen MR) is 84.3 cm³/mol. The van der Waals surface area contributed by atoms with Crippen molar-refractivity contribution in [1.82, 2.24) is 4.98 Å². The maximum atomic E-state index is 12.1. The molecular formula is C18H17NO2. The molecule has 0 N–H and O–H groups in total. The summed E-state index contributed by atoms with van der Waals surface area (Å²) < 4.78 is 5.14. The Bertz CT molecular complexity index is 811. The molecular weight excluding hydrogens is 262 g/mol. The fourth-order valence-electron chi connectivity index (χ4n) is 2.64. The van der Waals surface area contributed by atoms with Crippen LogP contribution in [0.25, 0.3) is 21.7 Å². The third kappa shape index (κ3) is 2.35. The number of pyridine rings is 1. The minimum Gasteiger partial charge on any atom is -0.465 e. The second-order valence-corrected chi connectivity index (χ2v) is 5.03. The average molecular weight is 279 g/mol. The van der Waals surface area contributed by atoms with E-state index in [1.54, 1.807) is 0 Å². The first-order chi connectivity index (χ1) is 10.2. The van der Waals surface area contributed by atoms with Crippen LogP contribution in [0.2, 0.25) is 0 Å². The van der Waals surface area contributed by atoms with Crippen molar-refractivity contribution < 1.29 is 9.53 Å². The van der Waals surface area contributed by atoms with E-state index in [4.69, 9.17) is 9.72 Å². The quantitative estimate of drug-likeness (QED) is 0.536. The summed E-state index contributed by atoms with van der Waals surface area (Å²) in [7, 11) is 0. The van der Waals surface area contributed by atoms with Crippen LogP contribution in [-0.4, -0.2) is 17.6 Å². The van der Waals surface area contributed by atoms with E-state index in [0.717, 1.165) is 27.4 Å². The number of nitrogens with zero attached hydrogens (tertiary/aromatic N) is 1. The highest BCUT2D eigenvalue weighted by molar-refractivity contribution is 6.07. The largest absolute Gasteiger partial charge is 0.465 e. The van der Waals surface area contributed by atoms with E-state index >= 15 is 0 Å². The van der Waals surface area contributed by atoms with Crippen LogP contribution in [0.5, 0.6) is 0 Å². The summed E-state index contributed by atoms with van der Waals surface area (Å²) in [5, 5.41) is 3.24. The summed E-state index contributed by atoms with van der Waals surface area (Å²) in [6.45, 7) is 4.05. The number of hydrogen-bond acceptors (Lipinski definition) is 3. The molecule has 3 nitrogen and oxygen atoms in total. The van der Waals surface area contributed by atoms with Gasteiger partial charge in [0, 0.05) is 10.8 Å². The molecule has 3 aromatic rings. The standard InChI is InChI=1S/C18H17NO2/c1-3-21-18(20)12(2)17-15-10-5-4-8-13(15)14-9-6-7-11-16(14)19-17/h4-12H,3H2,1-2H3. The lowest BCUT2D eigenvalue weighted by Gasteiger charge is -2.14. The van der Waals surface area contributed by atoms with Gasteiger partial charge >= 0.3 is 5.97 Å². The fraction of sp³-hybridized carbons (Fsp3) is 0.222. The molecule has 3 heteroatoms. The van der Waals surface area contributed by atoms with Crippen LogP contribution in [0.15, 0.2) is 48.5 Å². The third-order valence-electron chi connectivity index (χ3n) is 3.69. The number of rotatable bonds is 3. The van der Waals surface area contributed by atoms with Gasteiger partial charge in [0.2, 0.25) is 0 Å². The molecule has 1 aromatic heterocycles. The maximum Gasteiger partial charge on any atom is 0.314 e. The van der Waals surface area contributed by atoms with Gasteiger partial charge in [-0.25, -0.2) is 0 Å². The molecule has 0 amide bonds. The number of carbonyl (C=O) groups excluding carboxylic acids is 1. The maximum absolute atomic E-state index is 12.1. The molecule has 0 spiro atoms. The number of benzene rings is 2. The molecule has 0 saturated heterocycles. The zero-order chi connectivity index (χ0) is 14.8. The number of fused-ring (bicyclic) bond motifs is 3. The highest BCUT2D eigenvalue weighted by Crippen LogP contribution is 2.30. The number of carbonyl (C=O) groups is 1. The van der Waals surface area contributed by atoms with Gasteiger partial charge in [-0.3, -0.25) is 9.78 Å². The minimum atomic E-state index is -0.376. The van der Waals surface area contributed by atoms with Gasteiger partial charge in [-0.05, 0) is 25.3 Å². The molecule has 1 heterocycles. The smallest absolute Gasteiger partial charge is 0.314 e. The molecule has 1 atom stereocenters. The van der Waals surface area contributed by atoms with E-state index in [9.17, 15) is 4.79 Å². The first-order valence-electron chi connectivity index (χ1n) is 7.16. The number of aromatic nitrogens is 1. The van der Waals surface area contributed by atoms with Gasteiger partial charge < -0.3 is 4.74 Å². The van der Waals surface area contributed by atoms with Crippen molar-refractivity contribution in [3.05, 3.63) is 54.2 Å². The molecule has 0 saturated carbocycles. The lowest BCUT2D eigenvalue weighted by molar-refractivity contribution is -0.144. The number of ether oxygens (including phenoxy) is 1. The van der Waals surface area contributed by atoms with Crippen molar-refractivity contribution in [3.63, 3.8) is 0 Å². The van der Waals surface area contributed by atoms with Crippen LogP contribution in [0, 0.1) is 0 Å². The normalized spacial score (nSPS) is 12.5. The SMILES string of the molecule is CCOC(=O)C(C)c1nc2ccccc2c2ccccc12. The number of hydrogen-bond donors (Lipinski definition) is 0. The zero-order valence-corrected chi connectivity index (χ0v) is 12.2. The van der Waals surface area contributed by atoms with Crippen LogP contribution in [0.4, 0.5) is 0 Å². The molecule has 3 rings (SSSR count). The lowest BCUT2D eigenvalue weighted by atomic mass is 9.97. The van der Waals surface area contributed by atoms with E-state index in [1.807, 2.05) is 50.2 Å². The first-order valence-corrected chi connectivity index (χ1v) is 7.16. The zero-order valence-electron chi connectivity index (χ0n) is 12.2. The summed E-state index contributed by atoms with van der Waals surface area (Å²) in [5.41, 5.74) is 1.69. The fourth-order valence-corrected chi connectivity index (χ4v) is 2.64. The Kier molecular flexibility index (Phi) is 3.57. The number of esters is 1. The summed E-state index contributed by atoms with van der Waals surface area (Å²) in [6.07, 6.45) is 0. The Morgan fingerprint density at radius 2 is 1.67 bits per heavy atom. The Labute approximate surface area is 123 Å². The van der Waals surface area contributed by atoms with Crippen molar-refractivity contribution in [2.75, 3.05) is 6.61 Å². The van der Waals surface area contributed by atoms with Gasteiger partial charge in [-0.2, -0.15) is 0 Å². The van der Waals surface area contributed by atoms with Gasteiger partial charge in [-0.15, -0.1) is 0 Å². The molecule has 0 radical (unpaired) electrons. The van der Waals surface area contributed by atoms with Gasteiger partial charge in [0.15, 0.2) is 0 Å². The van der Waals surface area contributed by atoms with Crippen LogP contribution < -0.4 is 0 Å². The lowest BCUT2D eigenvalue weighted by Crippen LogP contribution is -2.14. The Morgan fingerprint density at radius 3 is 2.38 bits per heavy atom. The summed E-state index contributed by atoms with van der Waals surface area (Å²) >= 11 is 0. The molecule has 0 aliphatic carbocycles. The van der Waals surface area contributed by atoms with Crippen molar-refractivity contribution in [1.29, 1.82) is 0 Å². The summed E-state index contributed by atoms with van der Waals surface area (Å²) in [4.78, 5) is 16.8. The number of para-hydroxylation sites is 1. The van der Waals surface area contributed by atoms with Crippen molar-refractivity contribution in [3.8, 4) is 0 Å². The minimum absolute atomic E-state index is 0.231. The monoisotopic (exact) mass is 279 g/mol.